The molecule has 0 unspecified atom stereocenters. The Hall–Kier alpha value is -0.810. The van der Waals surface area contributed by atoms with E-state index in [1.165, 1.54) is 18.9 Å². The van der Waals surface area contributed by atoms with E-state index in [1.807, 2.05) is 0 Å². The van der Waals surface area contributed by atoms with Gasteiger partial charge in [0.15, 0.2) is 0 Å². The Morgan fingerprint density at radius 2 is 2.05 bits per heavy atom. The lowest BCUT2D eigenvalue weighted by Crippen LogP contribution is -2.67. The highest BCUT2D eigenvalue weighted by molar-refractivity contribution is 9.10. The molecule has 1 saturated heterocycles. The Labute approximate surface area is 133 Å². The lowest BCUT2D eigenvalue weighted by atomic mass is 9.83. The summed E-state index contributed by atoms with van der Waals surface area (Å²) in [5.41, 5.74) is 0.543. The van der Waals surface area contributed by atoms with Gasteiger partial charge in [0, 0.05) is 30.2 Å². The molecule has 2 N–H and O–H groups in total. The third-order valence-corrected chi connectivity index (χ3v) is 5.23. The van der Waals surface area contributed by atoms with E-state index < -0.39 is 0 Å². The summed E-state index contributed by atoms with van der Waals surface area (Å²) in [6.45, 7) is 5.10. The number of phenolic OH excluding ortho intramolecular Hbond substituents is 1. The maximum absolute atomic E-state index is 14.4. The number of fused-ring (bicyclic) bond motifs is 1. The summed E-state index contributed by atoms with van der Waals surface area (Å²) in [4.78, 5) is 2.19. The molecular formula is C16H22BrFN2O. The van der Waals surface area contributed by atoms with Crippen molar-refractivity contribution in [1.29, 1.82) is 0 Å². The van der Waals surface area contributed by atoms with Gasteiger partial charge in [0.1, 0.15) is 11.6 Å². The highest BCUT2D eigenvalue weighted by atomic mass is 79.9. The minimum atomic E-state index is -0.349. The molecule has 1 aliphatic heterocycles. The van der Waals surface area contributed by atoms with E-state index in [1.54, 1.807) is 6.07 Å². The monoisotopic (exact) mass is 356 g/mol. The number of nitrogens with one attached hydrogen (secondary N) is 1. The summed E-state index contributed by atoms with van der Waals surface area (Å²) in [5, 5.41) is 13.4. The van der Waals surface area contributed by atoms with E-state index in [2.05, 4.69) is 40.0 Å². The summed E-state index contributed by atoms with van der Waals surface area (Å²) < 4.78 is 14.9. The second kappa shape index (κ2) is 5.43. The average molecular weight is 357 g/mol. The molecule has 0 bridgehead atoms. The van der Waals surface area contributed by atoms with Crippen molar-refractivity contribution in [3.8, 4) is 5.75 Å². The van der Waals surface area contributed by atoms with Crippen LogP contribution in [0.5, 0.6) is 5.75 Å². The number of hydrogen-bond donors (Lipinski definition) is 2. The number of phenols is 1. The molecule has 0 radical (unpaired) electrons. The largest absolute Gasteiger partial charge is 0.507 e. The van der Waals surface area contributed by atoms with E-state index in [0.29, 0.717) is 22.2 Å². The van der Waals surface area contributed by atoms with Crippen molar-refractivity contribution in [2.45, 2.75) is 57.2 Å². The summed E-state index contributed by atoms with van der Waals surface area (Å²) in [7, 11) is 0. The summed E-state index contributed by atoms with van der Waals surface area (Å²) >= 11 is 3.30. The van der Waals surface area contributed by atoms with Crippen LogP contribution in [0.4, 0.5) is 10.1 Å². The van der Waals surface area contributed by atoms with Crippen molar-refractivity contribution < 1.29 is 9.50 Å². The average Bonchev–Trinajstić information content (AvgIpc) is 2.41. The lowest BCUT2D eigenvalue weighted by Gasteiger charge is -2.52. The van der Waals surface area contributed by atoms with Crippen molar-refractivity contribution in [3.63, 3.8) is 0 Å². The highest BCUT2D eigenvalue weighted by Gasteiger charge is 2.41. The van der Waals surface area contributed by atoms with Crippen LogP contribution < -0.4 is 10.2 Å². The Morgan fingerprint density at radius 3 is 2.81 bits per heavy atom. The van der Waals surface area contributed by atoms with Crippen LogP contribution in [0, 0.1) is 5.82 Å². The number of halogens is 2. The normalized spacial score (nSPS) is 28.3. The summed E-state index contributed by atoms with van der Waals surface area (Å²) in [5.74, 6) is -0.399. The van der Waals surface area contributed by atoms with E-state index in [0.717, 1.165) is 19.4 Å². The van der Waals surface area contributed by atoms with Gasteiger partial charge < -0.3 is 15.3 Å². The van der Waals surface area contributed by atoms with E-state index in [9.17, 15) is 9.50 Å². The maximum Gasteiger partial charge on any atom is 0.150 e. The highest BCUT2D eigenvalue weighted by Crippen LogP contribution is 2.38. The molecule has 116 valence electrons. The molecule has 1 saturated carbocycles. The van der Waals surface area contributed by atoms with Crippen LogP contribution in [-0.4, -0.2) is 29.3 Å². The molecule has 0 amide bonds. The second-order valence-electron chi connectivity index (χ2n) is 6.87. The second-order valence-corrected chi connectivity index (χ2v) is 7.72. The maximum atomic E-state index is 14.4. The van der Waals surface area contributed by atoms with Crippen LogP contribution in [0.3, 0.4) is 0 Å². The van der Waals surface area contributed by atoms with Crippen molar-refractivity contribution in [3.05, 3.63) is 22.4 Å². The van der Waals surface area contributed by atoms with E-state index >= 15 is 0 Å². The van der Waals surface area contributed by atoms with Crippen LogP contribution in [-0.2, 0) is 0 Å². The minimum absolute atomic E-state index is 0.0463. The minimum Gasteiger partial charge on any atom is -0.507 e. The lowest BCUT2D eigenvalue weighted by molar-refractivity contribution is 0.198. The third kappa shape index (κ3) is 2.90. The zero-order valence-corrected chi connectivity index (χ0v) is 14.1. The van der Waals surface area contributed by atoms with Gasteiger partial charge >= 0.3 is 0 Å². The van der Waals surface area contributed by atoms with Crippen LogP contribution in [0.1, 0.15) is 39.5 Å². The number of nitrogens with zero attached hydrogens (tertiary/aromatic N) is 1. The van der Waals surface area contributed by atoms with Crippen molar-refractivity contribution in [2.24, 2.45) is 0 Å². The molecule has 1 aromatic rings. The number of benzene rings is 1. The fourth-order valence-corrected chi connectivity index (χ4v) is 4.08. The quantitative estimate of drug-likeness (QED) is 0.803. The van der Waals surface area contributed by atoms with Crippen molar-refractivity contribution in [1.82, 2.24) is 5.32 Å². The number of rotatable bonds is 1. The number of piperazine rings is 1. The molecule has 2 aliphatic rings. The molecule has 1 aromatic carbocycles. The van der Waals surface area contributed by atoms with Crippen molar-refractivity contribution in [2.75, 3.05) is 11.4 Å². The van der Waals surface area contributed by atoms with Gasteiger partial charge in [-0.25, -0.2) is 4.39 Å². The fourth-order valence-electron chi connectivity index (χ4n) is 3.75. The molecule has 1 heterocycles. The van der Waals surface area contributed by atoms with Crippen LogP contribution in [0.15, 0.2) is 16.6 Å². The van der Waals surface area contributed by atoms with Crippen molar-refractivity contribution >= 4 is 21.6 Å². The van der Waals surface area contributed by atoms with E-state index in [4.69, 9.17) is 0 Å². The predicted octanol–water partition coefficient (Wildman–Crippen LogP) is 3.79. The first kappa shape index (κ1) is 15.1. The molecular weight excluding hydrogens is 335 g/mol. The topological polar surface area (TPSA) is 35.5 Å². The number of anilines is 1. The van der Waals surface area contributed by atoms with Gasteiger partial charge in [0.05, 0.1) is 10.2 Å². The van der Waals surface area contributed by atoms with Gasteiger partial charge in [-0.05, 0) is 48.7 Å². The molecule has 0 aromatic heterocycles. The fraction of sp³-hybridized carbons (Fsp3) is 0.625. The first-order valence-corrected chi connectivity index (χ1v) is 8.39. The predicted molar refractivity (Wildman–Crippen MR) is 86.4 cm³/mol. The molecule has 1 aliphatic carbocycles. The van der Waals surface area contributed by atoms with Gasteiger partial charge in [-0.15, -0.1) is 0 Å². The summed E-state index contributed by atoms with van der Waals surface area (Å²) in [6, 6.07) is 3.65. The molecule has 0 spiro atoms. The third-order valence-electron chi connectivity index (χ3n) is 4.60. The first-order valence-electron chi connectivity index (χ1n) is 7.60. The molecule has 3 rings (SSSR count). The van der Waals surface area contributed by atoms with Crippen LogP contribution >= 0.6 is 15.9 Å². The van der Waals surface area contributed by atoms with Gasteiger partial charge in [0.25, 0.3) is 0 Å². The number of hydrogen-bond acceptors (Lipinski definition) is 3. The van der Waals surface area contributed by atoms with Gasteiger partial charge in [0.2, 0.25) is 0 Å². The summed E-state index contributed by atoms with van der Waals surface area (Å²) in [6.07, 6.45) is 4.66. The van der Waals surface area contributed by atoms with Crippen LogP contribution in [0.25, 0.3) is 0 Å². The molecule has 2 atom stereocenters. The Morgan fingerprint density at radius 1 is 1.33 bits per heavy atom. The zero-order valence-electron chi connectivity index (χ0n) is 12.5. The Kier molecular flexibility index (Phi) is 3.91. The Balaban J connectivity index is 2.00. The molecule has 2 fully saturated rings. The Bertz CT molecular complexity index is 549. The van der Waals surface area contributed by atoms with Gasteiger partial charge in [-0.2, -0.15) is 0 Å². The van der Waals surface area contributed by atoms with Gasteiger partial charge in [-0.3, -0.25) is 0 Å². The zero-order chi connectivity index (χ0) is 15.2. The first-order chi connectivity index (χ1) is 9.87. The van der Waals surface area contributed by atoms with E-state index in [-0.39, 0.29) is 17.1 Å². The standard InChI is InChI=1S/C16H22BrFN2O/c1-16(2)9-20(13-6-4-3-5-12(13)19-16)14-7-10(17)15(21)8-11(14)18/h7-8,12-13,19,21H,3-6,9H2,1-2H3/t12-,13+/m1/s1. The molecule has 21 heavy (non-hydrogen) atoms. The molecule has 5 heteroatoms. The van der Waals surface area contributed by atoms with Gasteiger partial charge in [-0.1, -0.05) is 12.8 Å². The SMILES string of the molecule is CC1(C)CN(c2cc(Br)c(O)cc2F)[C@H]2CCCC[C@H]2N1. The number of aromatic hydroxyl groups is 1. The smallest absolute Gasteiger partial charge is 0.150 e. The molecule has 3 nitrogen and oxygen atoms in total. The van der Waals surface area contributed by atoms with Crippen LogP contribution in [0.2, 0.25) is 0 Å².